The minimum Gasteiger partial charge on any atom is -0.330 e. The number of hydrogen-bond donors (Lipinski definition) is 1. The molecule has 1 aliphatic heterocycles. The predicted molar refractivity (Wildman–Crippen MR) is 110 cm³/mol. The number of carbonyl (C=O) groups excluding carboxylic acids is 1. The first-order valence-electron chi connectivity index (χ1n) is 9.64. The Kier molecular flexibility index (Phi) is 7.21. The number of rotatable bonds is 7. The van der Waals surface area contributed by atoms with Crippen molar-refractivity contribution in [3.8, 4) is 0 Å². The summed E-state index contributed by atoms with van der Waals surface area (Å²) in [6.07, 6.45) is -6.38. The molecule has 2 aromatic carbocycles. The van der Waals surface area contributed by atoms with Gasteiger partial charge in [-0.15, -0.1) is 13.2 Å². The molecule has 0 saturated heterocycles. The molecule has 0 aliphatic carbocycles. The number of halogens is 5. The quantitative estimate of drug-likeness (QED) is 0.591. The van der Waals surface area contributed by atoms with Gasteiger partial charge in [0.1, 0.15) is 27.7 Å². The Bertz CT molecular complexity index is 1000. The van der Waals surface area contributed by atoms with Crippen molar-refractivity contribution in [3.05, 3.63) is 71.3 Å². The van der Waals surface area contributed by atoms with Gasteiger partial charge in [-0.05, 0) is 50.1 Å². The molecular weight excluding hydrogens is 453 g/mol. The number of thioether (sulfide) groups is 1. The molecule has 2 atom stereocenters. The molecule has 2 N–H and O–H groups in total. The largest absolute Gasteiger partial charge is 0.523 e. The molecule has 0 bridgehead atoms. The Morgan fingerprint density at radius 2 is 1.91 bits per heavy atom. The summed E-state index contributed by atoms with van der Waals surface area (Å²) < 4.78 is 70.5. The smallest absolute Gasteiger partial charge is 0.330 e. The Balaban J connectivity index is 2.13. The van der Waals surface area contributed by atoms with Gasteiger partial charge in [-0.3, -0.25) is 9.53 Å². The van der Waals surface area contributed by atoms with Crippen LogP contribution in [0.15, 0.2) is 53.6 Å². The van der Waals surface area contributed by atoms with E-state index in [0.717, 1.165) is 41.9 Å². The van der Waals surface area contributed by atoms with Gasteiger partial charge in [0, 0.05) is 5.56 Å². The Morgan fingerprint density at radius 3 is 2.53 bits per heavy atom. The van der Waals surface area contributed by atoms with Crippen LogP contribution in [0, 0.1) is 11.6 Å². The maximum absolute atomic E-state index is 14.5. The van der Waals surface area contributed by atoms with Gasteiger partial charge in [-0.2, -0.15) is 5.10 Å². The van der Waals surface area contributed by atoms with E-state index in [1.54, 1.807) is 30.3 Å². The second-order valence-corrected chi connectivity index (χ2v) is 8.30. The third-order valence-corrected chi connectivity index (χ3v) is 6.21. The molecule has 3 rings (SSSR count). The number of amides is 1. The summed E-state index contributed by atoms with van der Waals surface area (Å²) in [7, 11) is 0. The summed E-state index contributed by atoms with van der Waals surface area (Å²) in [6.45, 7) is 1.19. The number of nitrogens with zero attached hydrogens (tertiary/aromatic N) is 2. The van der Waals surface area contributed by atoms with Crippen LogP contribution >= 0.6 is 11.8 Å². The first-order chi connectivity index (χ1) is 15.1. The van der Waals surface area contributed by atoms with Gasteiger partial charge in [-0.1, -0.05) is 42.1 Å². The summed E-state index contributed by atoms with van der Waals surface area (Å²) in [4.78, 5) is 11.8. The van der Waals surface area contributed by atoms with E-state index >= 15 is 0 Å². The van der Waals surface area contributed by atoms with Gasteiger partial charge in [0.25, 0.3) is 5.91 Å². The molecule has 5 nitrogen and oxygen atoms in total. The van der Waals surface area contributed by atoms with E-state index in [-0.39, 0.29) is 23.6 Å². The first-order valence-corrected chi connectivity index (χ1v) is 10.5. The minimum atomic E-state index is -5.05. The third-order valence-electron chi connectivity index (χ3n) is 4.77. The van der Waals surface area contributed by atoms with Gasteiger partial charge in [0.05, 0.1) is 0 Å². The van der Waals surface area contributed by atoms with Crippen LogP contribution in [0.3, 0.4) is 0 Å². The standard InChI is InChI=1S/C21H20F5N3O2S/c1-13(31-21(24,25)26)19(30)29-20(10-5-11-27,14-6-3-2-4-7-14)32-18(28-29)16-12-15(22)8-9-17(16)23/h2-4,6-9,12-13H,5,10-11,27H2,1H3/t13-,20?/m0/s1. The Labute approximate surface area is 185 Å². The van der Waals surface area contributed by atoms with E-state index in [0.29, 0.717) is 12.0 Å². The van der Waals surface area contributed by atoms with Crippen LogP contribution in [-0.4, -0.2) is 35.0 Å². The van der Waals surface area contributed by atoms with Crippen molar-refractivity contribution >= 4 is 22.7 Å². The number of hydrazone groups is 1. The second-order valence-electron chi connectivity index (χ2n) is 7.03. The molecule has 0 aromatic heterocycles. The second kappa shape index (κ2) is 9.55. The van der Waals surface area contributed by atoms with Crippen molar-refractivity contribution in [2.75, 3.05) is 6.54 Å². The number of nitrogens with two attached hydrogens (primary N) is 1. The highest BCUT2D eigenvalue weighted by atomic mass is 32.2. The molecular formula is C21H20F5N3O2S. The highest BCUT2D eigenvalue weighted by molar-refractivity contribution is 8.15. The van der Waals surface area contributed by atoms with Gasteiger partial charge in [0.15, 0.2) is 0 Å². The fourth-order valence-corrected chi connectivity index (χ4v) is 4.76. The lowest BCUT2D eigenvalue weighted by Crippen LogP contribution is -2.47. The Morgan fingerprint density at radius 1 is 1.22 bits per heavy atom. The highest BCUT2D eigenvalue weighted by Gasteiger charge is 2.50. The lowest BCUT2D eigenvalue weighted by Gasteiger charge is -2.37. The van der Waals surface area contributed by atoms with Gasteiger partial charge in [-0.25, -0.2) is 13.8 Å². The number of hydrogen-bond acceptors (Lipinski definition) is 5. The van der Waals surface area contributed by atoms with Crippen molar-refractivity contribution in [1.29, 1.82) is 0 Å². The third kappa shape index (κ3) is 5.11. The maximum Gasteiger partial charge on any atom is 0.523 e. The van der Waals surface area contributed by atoms with Gasteiger partial charge < -0.3 is 5.73 Å². The molecule has 1 amide bonds. The molecule has 0 saturated carbocycles. The van der Waals surface area contributed by atoms with Crippen LogP contribution in [0.25, 0.3) is 0 Å². The van der Waals surface area contributed by atoms with Crippen LogP contribution in [0.2, 0.25) is 0 Å². The number of carbonyl (C=O) groups is 1. The fourth-order valence-electron chi connectivity index (χ4n) is 3.34. The number of ether oxygens (including phenoxy) is 1. The van der Waals surface area contributed by atoms with E-state index in [1.165, 1.54) is 0 Å². The van der Waals surface area contributed by atoms with Crippen molar-refractivity contribution in [2.45, 2.75) is 37.1 Å². The van der Waals surface area contributed by atoms with E-state index in [9.17, 15) is 26.7 Å². The highest BCUT2D eigenvalue weighted by Crippen LogP contribution is 2.51. The lowest BCUT2D eigenvalue weighted by atomic mass is 10.00. The van der Waals surface area contributed by atoms with Crippen LogP contribution < -0.4 is 5.73 Å². The fraction of sp³-hybridized carbons (Fsp3) is 0.333. The van der Waals surface area contributed by atoms with Crippen molar-refractivity contribution in [1.82, 2.24) is 5.01 Å². The van der Waals surface area contributed by atoms with Crippen molar-refractivity contribution in [3.63, 3.8) is 0 Å². The van der Waals surface area contributed by atoms with E-state index < -0.39 is 34.9 Å². The summed E-state index contributed by atoms with van der Waals surface area (Å²) >= 11 is 0.955. The monoisotopic (exact) mass is 473 g/mol. The summed E-state index contributed by atoms with van der Waals surface area (Å²) in [5, 5.41) is 4.99. The molecule has 0 radical (unpaired) electrons. The average molecular weight is 473 g/mol. The molecule has 1 unspecified atom stereocenters. The summed E-state index contributed by atoms with van der Waals surface area (Å²) in [5.41, 5.74) is 6.00. The normalized spacial score (nSPS) is 19.7. The van der Waals surface area contributed by atoms with Crippen molar-refractivity contribution in [2.24, 2.45) is 10.8 Å². The SMILES string of the molecule is C[C@H](OC(F)(F)F)C(=O)N1N=C(c2cc(F)ccc2F)SC1(CCCN)c1ccccc1. The van der Waals surface area contributed by atoms with E-state index in [1.807, 2.05) is 0 Å². The topological polar surface area (TPSA) is 67.9 Å². The number of benzene rings is 2. The van der Waals surface area contributed by atoms with Crippen LogP contribution in [0.4, 0.5) is 22.0 Å². The lowest BCUT2D eigenvalue weighted by molar-refractivity contribution is -0.336. The van der Waals surface area contributed by atoms with Crippen LogP contribution in [0.1, 0.15) is 30.9 Å². The van der Waals surface area contributed by atoms with Crippen LogP contribution in [0.5, 0.6) is 0 Å². The molecule has 1 heterocycles. The molecule has 0 spiro atoms. The van der Waals surface area contributed by atoms with E-state index in [2.05, 4.69) is 9.84 Å². The average Bonchev–Trinajstić information content (AvgIpc) is 3.13. The van der Waals surface area contributed by atoms with E-state index in [4.69, 9.17) is 5.73 Å². The molecule has 11 heteroatoms. The Hall–Kier alpha value is -2.50. The van der Waals surface area contributed by atoms with Gasteiger partial charge >= 0.3 is 6.36 Å². The molecule has 2 aromatic rings. The minimum absolute atomic E-state index is 0.0459. The molecule has 32 heavy (non-hydrogen) atoms. The van der Waals surface area contributed by atoms with Gasteiger partial charge in [0.2, 0.25) is 0 Å². The maximum atomic E-state index is 14.5. The van der Waals surface area contributed by atoms with Crippen molar-refractivity contribution < 1.29 is 31.5 Å². The zero-order chi connectivity index (χ0) is 23.5. The molecule has 172 valence electrons. The molecule has 0 fully saturated rings. The summed E-state index contributed by atoms with van der Waals surface area (Å²) in [5.74, 6) is -2.59. The molecule has 1 aliphatic rings. The first kappa shape index (κ1) is 24.1. The number of alkyl halides is 3. The zero-order valence-electron chi connectivity index (χ0n) is 16.9. The predicted octanol–water partition coefficient (Wildman–Crippen LogP) is 4.72. The summed E-state index contributed by atoms with van der Waals surface area (Å²) in [6, 6.07) is 11.2. The zero-order valence-corrected chi connectivity index (χ0v) is 17.7. The van der Waals surface area contributed by atoms with Crippen LogP contribution in [-0.2, 0) is 14.4 Å².